The van der Waals surface area contributed by atoms with Crippen molar-refractivity contribution in [2.75, 3.05) is 0 Å². The summed E-state index contributed by atoms with van der Waals surface area (Å²) in [5.74, 6) is 0.678. The molecular weight excluding hydrogens is 845 g/mol. The highest BCUT2D eigenvalue weighted by atomic mass is 32.1. The number of hydrogen-bond acceptors (Lipinski definition) is 4. The molecule has 0 aliphatic carbocycles. The van der Waals surface area contributed by atoms with Gasteiger partial charge in [0.2, 0.25) is 0 Å². The minimum Gasteiger partial charge on any atom is -0.309 e. The minimum atomic E-state index is -0.512. The molecule has 13 aromatic rings. The van der Waals surface area contributed by atoms with Crippen molar-refractivity contribution in [2.24, 2.45) is 0 Å². The molecule has 3 heterocycles. The molecule has 13 rings (SSSR count). The van der Waals surface area contributed by atoms with E-state index in [0.717, 1.165) is 33.4 Å². The van der Waals surface area contributed by atoms with E-state index < -0.39 is 24.2 Å². The smallest absolute Gasteiger partial charge is 0.166 e. The highest BCUT2D eigenvalue weighted by Crippen LogP contribution is 2.42. The topological polar surface area (TPSA) is 43.6 Å². The lowest BCUT2D eigenvalue weighted by molar-refractivity contribution is 1.06. The van der Waals surface area contributed by atoms with Crippen LogP contribution in [-0.2, 0) is 0 Å². The number of para-hydroxylation sites is 3. The Morgan fingerprint density at radius 2 is 0.853 bits per heavy atom. The molecule has 10 aromatic carbocycles. The number of thiophene rings is 1. The first-order valence-electron chi connectivity index (χ1n) is 27.9. The van der Waals surface area contributed by atoms with Gasteiger partial charge in [-0.15, -0.1) is 11.3 Å². The maximum atomic E-state index is 9.28. The van der Waals surface area contributed by atoms with Gasteiger partial charge in [-0.3, -0.25) is 0 Å². The van der Waals surface area contributed by atoms with E-state index in [-0.39, 0.29) is 87.6 Å². The third-order valence-electron chi connectivity index (χ3n) is 12.2. The number of rotatable bonds is 8. The summed E-state index contributed by atoms with van der Waals surface area (Å²) < 4.78 is 109. The predicted octanol–water partition coefficient (Wildman–Crippen LogP) is 17.0. The van der Waals surface area contributed by atoms with E-state index in [9.17, 15) is 2.74 Å². The van der Waals surface area contributed by atoms with E-state index in [0.29, 0.717) is 53.7 Å². The third kappa shape index (κ3) is 6.96. The van der Waals surface area contributed by atoms with Crippen LogP contribution in [-0.4, -0.2) is 19.5 Å². The van der Waals surface area contributed by atoms with Crippen molar-refractivity contribution in [3.05, 3.63) is 242 Å². The Labute approximate surface area is 414 Å². The molecule has 0 spiro atoms. The summed E-state index contributed by atoms with van der Waals surface area (Å²) in [5, 5.41) is 0.673. The highest BCUT2D eigenvalue weighted by molar-refractivity contribution is 7.26. The number of aromatic nitrogens is 4. The van der Waals surface area contributed by atoms with Gasteiger partial charge in [-0.05, 0) is 105 Å². The van der Waals surface area contributed by atoms with Crippen LogP contribution in [0.4, 0.5) is 0 Å². The number of benzene rings is 10. The van der Waals surface area contributed by atoms with Crippen molar-refractivity contribution in [3.8, 4) is 84.4 Å². The quantitative estimate of drug-likeness (QED) is 0.153. The lowest BCUT2D eigenvalue weighted by Crippen LogP contribution is -2.03. The molecule has 4 nitrogen and oxygen atoms in total. The van der Waals surface area contributed by atoms with E-state index in [1.165, 1.54) is 23.5 Å². The normalized spacial score (nSPS) is 14.0. The van der Waals surface area contributed by atoms with Crippen LogP contribution >= 0.6 is 11.3 Å². The Hall–Kier alpha value is -8.77. The molecule has 0 atom stereocenters. The van der Waals surface area contributed by atoms with Gasteiger partial charge in [-0.25, -0.2) is 15.0 Å². The van der Waals surface area contributed by atoms with E-state index in [1.54, 1.807) is 34.9 Å². The first-order valence-corrected chi connectivity index (χ1v) is 22.7. The van der Waals surface area contributed by atoms with Gasteiger partial charge in [0, 0.05) is 47.6 Å². The second-order valence-electron chi connectivity index (χ2n) is 16.3. The van der Waals surface area contributed by atoms with Gasteiger partial charge < -0.3 is 4.57 Å². The van der Waals surface area contributed by atoms with Gasteiger partial charge in [-0.2, -0.15) is 0 Å². The molecule has 3 aromatic heterocycles. The Kier molecular flexibility index (Phi) is 7.07. The summed E-state index contributed by atoms with van der Waals surface area (Å²) in [6.07, 6.45) is 0. The maximum absolute atomic E-state index is 9.28. The van der Waals surface area contributed by atoms with Gasteiger partial charge in [-0.1, -0.05) is 182 Å². The van der Waals surface area contributed by atoms with Gasteiger partial charge in [0.1, 0.15) is 0 Å². The van der Waals surface area contributed by atoms with Crippen LogP contribution in [0.25, 0.3) is 126 Å². The summed E-state index contributed by atoms with van der Waals surface area (Å²) in [5.41, 5.74) is 9.24. The predicted molar refractivity (Wildman–Crippen MR) is 285 cm³/mol. The summed E-state index contributed by atoms with van der Waals surface area (Å²) in [7, 11) is 0. The van der Waals surface area contributed by atoms with E-state index in [2.05, 4.69) is 42.5 Å². The summed E-state index contributed by atoms with van der Waals surface area (Å²) in [6.45, 7) is 0. The van der Waals surface area contributed by atoms with Crippen LogP contribution in [0.2, 0.25) is 0 Å². The molecule has 0 bridgehead atoms. The van der Waals surface area contributed by atoms with Gasteiger partial charge in [0.25, 0.3) is 0 Å². The largest absolute Gasteiger partial charge is 0.309 e. The zero-order chi connectivity index (χ0) is 55.4. The first-order chi connectivity index (χ1) is 38.6. The summed E-state index contributed by atoms with van der Waals surface area (Å²) in [6, 6.07) is 50.5. The second kappa shape index (κ2) is 16.6. The summed E-state index contributed by atoms with van der Waals surface area (Å²) >= 11 is 1.24. The molecule has 0 N–H and O–H groups in total. The lowest BCUT2D eigenvalue weighted by Gasteiger charge is -2.15. The van der Waals surface area contributed by atoms with Crippen LogP contribution in [0.15, 0.2) is 242 Å². The number of nitrogens with zero attached hydrogens (tertiary/aromatic N) is 4. The molecule has 0 unspecified atom stereocenters. The standard InChI is InChI=1S/C63H40N4S/c1-3-18-41(19-4-1)47-38-48(42-20-5-2-6-21-42)40-49(39-47)43-22-15-24-45(36-43)61-64-62(46-25-16-23-44(37-46)50-30-17-31-54-53-28-10-14-35-59(53)68-60(50)54)66-63(65-61)55-29-9-13-34-58(55)67-56-32-11-7-26-51(56)52-27-8-12-33-57(52)67/h1-40H/i7D,8D,10D,11D,17D,26D,27D,28D,31D,32D,33D,35D. The summed E-state index contributed by atoms with van der Waals surface area (Å²) in [4.78, 5) is 15.6. The van der Waals surface area contributed by atoms with Crippen LogP contribution in [0.3, 0.4) is 0 Å². The molecule has 0 saturated carbocycles. The fourth-order valence-electron chi connectivity index (χ4n) is 9.00. The lowest BCUT2D eigenvalue weighted by atomic mass is 9.93. The van der Waals surface area contributed by atoms with Gasteiger partial charge in [0.15, 0.2) is 17.5 Å². The van der Waals surface area contributed by atoms with Crippen LogP contribution in [0.5, 0.6) is 0 Å². The van der Waals surface area contributed by atoms with Crippen molar-refractivity contribution in [2.45, 2.75) is 0 Å². The zero-order valence-corrected chi connectivity index (χ0v) is 36.7. The van der Waals surface area contributed by atoms with E-state index >= 15 is 0 Å². The third-order valence-corrected chi connectivity index (χ3v) is 13.3. The van der Waals surface area contributed by atoms with Crippen LogP contribution < -0.4 is 0 Å². The molecule has 0 aliphatic rings. The molecule has 0 amide bonds. The van der Waals surface area contributed by atoms with Crippen molar-refractivity contribution >= 4 is 53.3 Å². The van der Waals surface area contributed by atoms with Gasteiger partial charge >= 0.3 is 0 Å². The maximum Gasteiger partial charge on any atom is 0.166 e. The first kappa shape index (κ1) is 29.0. The Bertz CT molecular complexity index is 4700. The molecule has 0 saturated heterocycles. The highest BCUT2D eigenvalue weighted by Gasteiger charge is 2.20. The zero-order valence-electron chi connectivity index (χ0n) is 47.9. The molecule has 0 aliphatic heterocycles. The Balaban J connectivity index is 1.05. The molecule has 68 heavy (non-hydrogen) atoms. The minimum absolute atomic E-state index is 0.00544. The number of fused-ring (bicyclic) bond motifs is 6. The van der Waals surface area contributed by atoms with Crippen molar-refractivity contribution in [1.29, 1.82) is 0 Å². The second-order valence-corrected chi connectivity index (χ2v) is 17.3. The fourth-order valence-corrected chi connectivity index (χ4v) is 10.1. The molecule has 0 fully saturated rings. The van der Waals surface area contributed by atoms with Crippen molar-refractivity contribution in [1.82, 2.24) is 19.5 Å². The molecular formula is C63H40N4S. The van der Waals surface area contributed by atoms with E-state index in [4.69, 9.17) is 28.7 Å². The van der Waals surface area contributed by atoms with Crippen LogP contribution in [0.1, 0.15) is 16.4 Å². The van der Waals surface area contributed by atoms with E-state index in [1.807, 2.05) is 84.9 Å². The average Bonchev–Trinajstić information content (AvgIpc) is 4.17. The Morgan fingerprint density at radius 3 is 1.59 bits per heavy atom. The number of hydrogen-bond donors (Lipinski definition) is 0. The van der Waals surface area contributed by atoms with Crippen LogP contribution in [0, 0.1) is 0 Å². The van der Waals surface area contributed by atoms with Gasteiger partial charge in [0.05, 0.1) is 33.2 Å². The SMILES string of the molecule is [2H]c1cc([2H])c2sc3c(-c4cccc(-c5nc(-c6cccc(-c7cc(-c8ccccc8)cc(-c8ccccc8)c7)c6)nc(-c6ccccc6-n6c7c([2H])cc([2H])c([2H])c7c7c([2H])c([2H])c([2H])c([2H])c76)n5)c4)cc([2H])c([2H])c3c2c1[2H]. The molecule has 5 heteroatoms. The van der Waals surface area contributed by atoms with Crippen molar-refractivity contribution in [3.63, 3.8) is 0 Å². The average molecular weight is 897 g/mol. The van der Waals surface area contributed by atoms with Crippen molar-refractivity contribution < 1.29 is 16.4 Å². The fraction of sp³-hybridized carbons (Fsp3) is 0. The molecule has 0 radical (unpaired) electrons. The monoisotopic (exact) mass is 896 g/mol. The molecule has 318 valence electrons. The Morgan fingerprint density at radius 1 is 0.338 bits per heavy atom.